The van der Waals surface area contributed by atoms with Crippen LogP contribution >= 0.6 is 11.6 Å². The second-order valence-electron chi connectivity index (χ2n) is 5.61. The number of carbonyl (C=O) groups excluding carboxylic acids is 1. The highest BCUT2D eigenvalue weighted by molar-refractivity contribution is 6.33. The van der Waals surface area contributed by atoms with Gasteiger partial charge in [-0.25, -0.2) is 0 Å². The van der Waals surface area contributed by atoms with Crippen molar-refractivity contribution in [3.05, 3.63) is 22.3 Å². The Morgan fingerprint density at radius 3 is 2.68 bits per heavy atom. The van der Waals surface area contributed by atoms with Crippen LogP contribution in [-0.2, 0) is 11.2 Å². The molecule has 0 saturated heterocycles. The molecule has 1 aliphatic rings. The van der Waals surface area contributed by atoms with Crippen LogP contribution in [0.25, 0.3) is 10.9 Å². The van der Waals surface area contributed by atoms with Gasteiger partial charge >= 0.3 is 0 Å². The summed E-state index contributed by atoms with van der Waals surface area (Å²) in [5, 5.41) is 30.7. The van der Waals surface area contributed by atoms with Gasteiger partial charge in [0.15, 0.2) is 0 Å². The third kappa shape index (κ3) is 2.54. The predicted octanol–water partition coefficient (Wildman–Crippen LogP) is 1.79. The van der Waals surface area contributed by atoms with E-state index in [1.54, 1.807) is 6.92 Å². The number of aromatic hydroxyl groups is 2. The van der Waals surface area contributed by atoms with Gasteiger partial charge in [0.1, 0.15) is 17.8 Å². The van der Waals surface area contributed by atoms with Crippen molar-refractivity contribution >= 4 is 28.8 Å². The van der Waals surface area contributed by atoms with Crippen LogP contribution in [0.1, 0.15) is 30.5 Å². The van der Waals surface area contributed by atoms with Crippen LogP contribution in [0.3, 0.4) is 0 Å². The van der Waals surface area contributed by atoms with E-state index in [1.165, 1.54) is 13.1 Å². The summed E-state index contributed by atoms with van der Waals surface area (Å²) in [7, 11) is 1.50. The number of nitrogens with one attached hydrogen (secondary N) is 1. The van der Waals surface area contributed by atoms with Crippen molar-refractivity contribution in [2.45, 2.75) is 31.3 Å². The number of halogens is 1. The van der Waals surface area contributed by atoms with Crippen molar-refractivity contribution in [2.75, 3.05) is 7.05 Å². The van der Waals surface area contributed by atoms with Crippen LogP contribution < -0.4 is 5.73 Å². The molecule has 0 amide bonds. The molecule has 2 aromatic rings. The first-order valence-corrected chi connectivity index (χ1v) is 7.22. The number of H-pyrrole nitrogens is 1. The molecule has 1 aromatic heterocycles. The molecule has 120 valence electrons. The van der Waals surface area contributed by atoms with Crippen molar-refractivity contribution in [3.8, 4) is 11.5 Å². The molecule has 1 aromatic carbocycles. The van der Waals surface area contributed by atoms with Crippen LogP contribution in [0.15, 0.2) is 6.07 Å². The average molecular weight is 327 g/mol. The Morgan fingerprint density at radius 1 is 1.45 bits per heavy atom. The van der Waals surface area contributed by atoms with Gasteiger partial charge in [-0.05, 0) is 26.0 Å². The number of phenolic OH excluding ortho intramolecular Hbond substituents is 2. The Bertz CT molecular complexity index is 724. The van der Waals surface area contributed by atoms with Crippen molar-refractivity contribution in [1.82, 2.24) is 4.98 Å². The van der Waals surface area contributed by atoms with Gasteiger partial charge in [-0.2, -0.15) is 0 Å². The third-order valence-corrected chi connectivity index (χ3v) is 4.16. The molecule has 1 heterocycles. The van der Waals surface area contributed by atoms with Crippen molar-refractivity contribution < 1.29 is 20.1 Å². The van der Waals surface area contributed by atoms with Gasteiger partial charge in [0, 0.05) is 18.2 Å². The first-order chi connectivity index (χ1) is 10.3. The Morgan fingerprint density at radius 2 is 2.09 bits per heavy atom. The molecule has 3 rings (SSSR count). The maximum absolute atomic E-state index is 11.2. The van der Waals surface area contributed by atoms with Gasteiger partial charge in [-0.15, -0.1) is 0 Å². The number of phenols is 2. The van der Waals surface area contributed by atoms with E-state index in [9.17, 15) is 20.1 Å². The summed E-state index contributed by atoms with van der Waals surface area (Å²) in [6.07, 6.45) is 1.34. The zero-order chi connectivity index (χ0) is 16.7. The number of fused-ring (bicyclic) bond motifs is 3. The van der Waals surface area contributed by atoms with E-state index in [4.69, 9.17) is 11.6 Å². The highest BCUT2D eigenvalue weighted by Crippen LogP contribution is 2.46. The van der Waals surface area contributed by atoms with Crippen LogP contribution in [-0.4, -0.2) is 39.2 Å². The molecule has 2 atom stereocenters. The van der Waals surface area contributed by atoms with Gasteiger partial charge < -0.3 is 30.8 Å². The van der Waals surface area contributed by atoms with E-state index < -0.39 is 11.5 Å². The second-order valence-corrected chi connectivity index (χ2v) is 6.02. The number of hydrogen-bond donors (Lipinski definition) is 5. The molecule has 0 aliphatic heterocycles. The second kappa shape index (κ2) is 5.79. The standard InChI is InChI=1S/C14H14ClNO4.CH5N/c1-14(20)3-6(5-17)11-7(4-14)10-12(16-11)9(18)2-8(15)13(10)19;1-2/h2,5-6,16,18-20H,3-4H2,1H3;2H2,1H3. The molecule has 6 nitrogen and oxygen atoms in total. The summed E-state index contributed by atoms with van der Waals surface area (Å²) in [6.45, 7) is 1.65. The van der Waals surface area contributed by atoms with E-state index in [2.05, 4.69) is 10.7 Å². The highest BCUT2D eigenvalue weighted by atomic mass is 35.5. The molecule has 0 bridgehead atoms. The number of aldehydes is 1. The van der Waals surface area contributed by atoms with E-state index in [1.807, 2.05) is 0 Å². The molecule has 0 saturated carbocycles. The number of nitrogens with two attached hydrogens (primary N) is 1. The van der Waals surface area contributed by atoms with Crippen LogP contribution in [0.4, 0.5) is 0 Å². The molecule has 0 radical (unpaired) electrons. The van der Waals surface area contributed by atoms with Crippen molar-refractivity contribution in [2.24, 2.45) is 5.73 Å². The van der Waals surface area contributed by atoms with Gasteiger partial charge in [0.25, 0.3) is 0 Å². The summed E-state index contributed by atoms with van der Waals surface area (Å²) in [6, 6.07) is 1.25. The summed E-state index contributed by atoms with van der Waals surface area (Å²) >= 11 is 5.88. The fourth-order valence-corrected chi connectivity index (χ4v) is 3.23. The lowest BCUT2D eigenvalue weighted by atomic mass is 9.78. The van der Waals surface area contributed by atoms with Gasteiger partial charge in [0.2, 0.25) is 0 Å². The number of hydrogen-bond acceptors (Lipinski definition) is 5. The SMILES string of the molecule is CC1(O)Cc2c([nH]c3c(O)cc(Cl)c(O)c23)C(C=O)C1.CN. The quantitative estimate of drug-likeness (QED) is 0.404. The highest BCUT2D eigenvalue weighted by Gasteiger charge is 2.37. The Kier molecular flexibility index (Phi) is 4.37. The lowest BCUT2D eigenvalue weighted by Crippen LogP contribution is -2.34. The lowest BCUT2D eigenvalue weighted by molar-refractivity contribution is -0.111. The Balaban J connectivity index is 0.000000847. The maximum atomic E-state index is 11.2. The molecule has 2 unspecified atom stereocenters. The minimum atomic E-state index is -1.04. The third-order valence-electron chi connectivity index (χ3n) is 3.87. The lowest BCUT2D eigenvalue weighted by Gasteiger charge is -2.31. The molecular weight excluding hydrogens is 308 g/mol. The molecule has 22 heavy (non-hydrogen) atoms. The first-order valence-electron chi connectivity index (χ1n) is 6.84. The van der Waals surface area contributed by atoms with Gasteiger partial charge in [-0.1, -0.05) is 11.6 Å². The summed E-state index contributed by atoms with van der Waals surface area (Å²) in [5.74, 6) is -0.750. The molecular formula is C15H19ClN2O4. The van der Waals surface area contributed by atoms with Crippen molar-refractivity contribution in [1.29, 1.82) is 0 Å². The number of carbonyl (C=O) groups is 1. The Hall–Kier alpha value is -1.76. The fraction of sp³-hybridized carbons (Fsp3) is 0.400. The zero-order valence-corrected chi connectivity index (χ0v) is 13.1. The van der Waals surface area contributed by atoms with E-state index in [0.717, 1.165) is 6.29 Å². The minimum Gasteiger partial charge on any atom is -0.506 e. The predicted molar refractivity (Wildman–Crippen MR) is 84.5 cm³/mol. The normalized spacial score (nSPS) is 23.6. The van der Waals surface area contributed by atoms with E-state index >= 15 is 0 Å². The number of aromatic amines is 1. The van der Waals surface area contributed by atoms with Crippen molar-refractivity contribution in [3.63, 3.8) is 0 Å². The minimum absolute atomic E-state index is 0.0321. The van der Waals surface area contributed by atoms with Gasteiger partial charge in [-0.3, -0.25) is 0 Å². The summed E-state index contributed by atoms with van der Waals surface area (Å²) < 4.78 is 0. The molecule has 1 aliphatic carbocycles. The zero-order valence-electron chi connectivity index (χ0n) is 12.4. The average Bonchev–Trinajstić information content (AvgIpc) is 2.85. The van der Waals surface area contributed by atoms with Crippen LogP contribution in [0, 0.1) is 0 Å². The van der Waals surface area contributed by atoms with Crippen LogP contribution in [0.2, 0.25) is 5.02 Å². The largest absolute Gasteiger partial charge is 0.506 e. The molecule has 0 spiro atoms. The molecule has 0 fully saturated rings. The number of rotatable bonds is 1. The molecule has 6 N–H and O–H groups in total. The summed E-state index contributed by atoms with van der Waals surface area (Å²) in [4.78, 5) is 14.2. The van der Waals surface area contributed by atoms with E-state index in [-0.39, 0.29) is 22.9 Å². The van der Waals surface area contributed by atoms with Crippen LogP contribution in [0.5, 0.6) is 11.5 Å². The number of aromatic nitrogens is 1. The van der Waals surface area contributed by atoms with Gasteiger partial charge in [0.05, 0.1) is 27.4 Å². The monoisotopic (exact) mass is 326 g/mol. The maximum Gasteiger partial charge on any atom is 0.144 e. The first kappa shape index (κ1) is 16.6. The number of benzene rings is 1. The number of aliphatic hydroxyl groups is 1. The Labute approximate surface area is 132 Å². The fourth-order valence-electron chi connectivity index (χ4n) is 3.04. The summed E-state index contributed by atoms with van der Waals surface area (Å²) in [5.41, 5.74) is 5.04. The van der Waals surface area contributed by atoms with E-state index in [0.29, 0.717) is 28.6 Å². The smallest absolute Gasteiger partial charge is 0.144 e. The topological polar surface area (TPSA) is 120 Å². The molecule has 7 heteroatoms.